The van der Waals surface area contributed by atoms with Crippen molar-refractivity contribution in [1.29, 1.82) is 0 Å². The molecule has 0 bridgehead atoms. The average molecular weight is 235 g/mol. The molecule has 0 N–H and O–H groups in total. The largest absolute Gasteiger partial charge is 0.294 e. The van der Waals surface area contributed by atoms with Crippen molar-refractivity contribution < 1.29 is 4.79 Å². The van der Waals surface area contributed by atoms with Crippen LogP contribution in [0.5, 0.6) is 0 Å². The molecule has 0 aromatic carbocycles. The number of Topliss-reactive ketones (excluding diaryl/α,β-unsaturated/α-hetero) is 1. The highest BCUT2D eigenvalue weighted by Gasteiger charge is 2.13. The first-order chi connectivity index (χ1) is 7.72. The Balaban J connectivity index is 2.17. The Morgan fingerprint density at radius 1 is 1.50 bits per heavy atom. The molecule has 0 unspecified atom stereocenters. The van der Waals surface area contributed by atoms with Crippen LogP contribution >= 0.6 is 11.3 Å². The van der Waals surface area contributed by atoms with Crippen molar-refractivity contribution in [1.82, 2.24) is 14.8 Å². The molecule has 4 nitrogen and oxygen atoms in total. The van der Waals surface area contributed by atoms with Crippen LogP contribution in [0.15, 0.2) is 17.1 Å². The first-order valence-corrected chi connectivity index (χ1v) is 6.09. The van der Waals surface area contributed by atoms with Gasteiger partial charge in [-0.3, -0.25) is 4.79 Å². The maximum Gasteiger partial charge on any atom is 0.171 e. The van der Waals surface area contributed by atoms with Gasteiger partial charge in [-0.05, 0) is 24.8 Å². The number of aromatic nitrogens is 3. The fourth-order valence-electron chi connectivity index (χ4n) is 1.57. The third-order valence-corrected chi connectivity index (χ3v) is 3.33. The van der Waals surface area contributed by atoms with Gasteiger partial charge in [0, 0.05) is 17.5 Å². The second-order valence-electron chi connectivity index (χ2n) is 3.56. The van der Waals surface area contributed by atoms with Crippen molar-refractivity contribution in [3.8, 4) is 0 Å². The van der Waals surface area contributed by atoms with Crippen LogP contribution in [0.3, 0.4) is 0 Å². The first-order valence-electron chi connectivity index (χ1n) is 5.15. The van der Waals surface area contributed by atoms with Crippen LogP contribution in [-0.2, 0) is 13.0 Å². The summed E-state index contributed by atoms with van der Waals surface area (Å²) in [6.45, 7) is 4.68. The number of ketones is 1. The standard InChI is InChI=1S/C11H13N3OS/c1-3-14-11(12-7-13-14)4-10(15)9-6-16-5-8(9)2/h5-7H,3-4H2,1-2H3. The minimum atomic E-state index is 0.112. The van der Waals surface area contributed by atoms with Crippen LogP contribution in [0.4, 0.5) is 0 Å². The lowest BCUT2D eigenvalue weighted by molar-refractivity contribution is 0.0989. The number of aryl methyl sites for hydroxylation is 2. The van der Waals surface area contributed by atoms with Gasteiger partial charge in [-0.2, -0.15) is 16.4 Å². The quantitative estimate of drug-likeness (QED) is 0.762. The van der Waals surface area contributed by atoms with Crippen molar-refractivity contribution in [2.45, 2.75) is 26.8 Å². The molecule has 0 saturated carbocycles. The third kappa shape index (κ3) is 2.04. The third-order valence-electron chi connectivity index (χ3n) is 2.47. The lowest BCUT2D eigenvalue weighted by atomic mass is 10.1. The van der Waals surface area contributed by atoms with Crippen molar-refractivity contribution in [2.24, 2.45) is 0 Å². The number of hydrogen-bond acceptors (Lipinski definition) is 4. The van der Waals surface area contributed by atoms with Crippen molar-refractivity contribution >= 4 is 17.1 Å². The zero-order valence-corrected chi connectivity index (χ0v) is 10.1. The number of carbonyl (C=O) groups excluding carboxylic acids is 1. The van der Waals surface area contributed by atoms with E-state index < -0.39 is 0 Å². The van der Waals surface area contributed by atoms with Gasteiger partial charge in [0.05, 0.1) is 6.42 Å². The highest BCUT2D eigenvalue weighted by atomic mass is 32.1. The summed E-state index contributed by atoms with van der Waals surface area (Å²) in [5.74, 6) is 0.847. The predicted molar refractivity (Wildman–Crippen MR) is 62.8 cm³/mol. The molecule has 2 aromatic heterocycles. The molecule has 2 aromatic rings. The smallest absolute Gasteiger partial charge is 0.171 e. The van der Waals surface area contributed by atoms with Gasteiger partial charge in [-0.15, -0.1) is 0 Å². The molecule has 5 heteroatoms. The Hall–Kier alpha value is -1.49. The monoisotopic (exact) mass is 235 g/mol. The Labute approximate surface area is 97.9 Å². The van der Waals surface area contributed by atoms with Crippen LogP contribution in [0.25, 0.3) is 0 Å². The Morgan fingerprint density at radius 3 is 2.94 bits per heavy atom. The molecule has 84 valence electrons. The van der Waals surface area contributed by atoms with Crippen molar-refractivity contribution in [3.05, 3.63) is 34.0 Å². The summed E-state index contributed by atoms with van der Waals surface area (Å²) in [4.78, 5) is 16.1. The number of hydrogen-bond donors (Lipinski definition) is 0. The van der Waals surface area contributed by atoms with Gasteiger partial charge in [0.15, 0.2) is 5.78 Å². The van der Waals surface area contributed by atoms with E-state index in [1.807, 2.05) is 24.6 Å². The van der Waals surface area contributed by atoms with Gasteiger partial charge in [-0.1, -0.05) is 0 Å². The van der Waals surface area contributed by atoms with Gasteiger partial charge in [0.25, 0.3) is 0 Å². The van der Waals surface area contributed by atoms with Gasteiger partial charge in [0.1, 0.15) is 12.2 Å². The van der Waals surface area contributed by atoms with Crippen LogP contribution < -0.4 is 0 Å². The van der Waals surface area contributed by atoms with Crippen molar-refractivity contribution in [2.75, 3.05) is 0 Å². The zero-order chi connectivity index (χ0) is 11.5. The molecular weight excluding hydrogens is 222 g/mol. The number of thiophene rings is 1. The summed E-state index contributed by atoms with van der Waals surface area (Å²) in [6, 6.07) is 0. The molecule has 0 amide bonds. The van der Waals surface area contributed by atoms with E-state index >= 15 is 0 Å². The summed E-state index contributed by atoms with van der Waals surface area (Å²) < 4.78 is 1.75. The molecule has 16 heavy (non-hydrogen) atoms. The maximum atomic E-state index is 12.0. The van der Waals surface area contributed by atoms with Gasteiger partial charge < -0.3 is 0 Å². The fraction of sp³-hybridized carbons (Fsp3) is 0.364. The lowest BCUT2D eigenvalue weighted by Crippen LogP contribution is -2.10. The summed E-state index contributed by atoms with van der Waals surface area (Å²) in [5, 5.41) is 7.92. The van der Waals surface area contributed by atoms with Crippen LogP contribution in [-0.4, -0.2) is 20.5 Å². The van der Waals surface area contributed by atoms with E-state index in [4.69, 9.17) is 0 Å². The van der Waals surface area contributed by atoms with E-state index in [0.29, 0.717) is 6.42 Å². The molecule has 0 fully saturated rings. The molecule has 0 atom stereocenters. The number of nitrogens with zero attached hydrogens (tertiary/aromatic N) is 3. The van der Waals surface area contributed by atoms with E-state index in [2.05, 4.69) is 10.1 Å². The molecule has 0 saturated heterocycles. The molecule has 0 aliphatic heterocycles. The Kier molecular flexibility index (Phi) is 3.14. The summed E-state index contributed by atoms with van der Waals surface area (Å²) in [5.41, 5.74) is 1.84. The minimum Gasteiger partial charge on any atom is -0.294 e. The predicted octanol–water partition coefficient (Wildman–Crippen LogP) is 2.09. The van der Waals surface area contributed by atoms with Gasteiger partial charge >= 0.3 is 0 Å². The molecule has 0 aliphatic rings. The highest BCUT2D eigenvalue weighted by Crippen LogP contribution is 2.15. The van der Waals surface area contributed by atoms with Gasteiger partial charge in [0.2, 0.25) is 0 Å². The molecule has 2 rings (SSSR count). The normalized spacial score (nSPS) is 10.6. The summed E-state index contributed by atoms with van der Waals surface area (Å²) in [7, 11) is 0. The van der Waals surface area contributed by atoms with Crippen LogP contribution in [0, 0.1) is 6.92 Å². The SMILES string of the molecule is CCn1ncnc1CC(=O)c1cscc1C. The maximum absolute atomic E-state index is 12.0. The van der Waals surface area contributed by atoms with E-state index in [1.54, 1.807) is 16.0 Å². The van der Waals surface area contributed by atoms with Gasteiger partial charge in [-0.25, -0.2) is 9.67 Å². The summed E-state index contributed by atoms with van der Waals surface area (Å²) in [6.07, 6.45) is 1.82. The second-order valence-corrected chi connectivity index (χ2v) is 4.30. The lowest BCUT2D eigenvalue weighted by Gasteiger charge is -2.02. The Bertz CT molecular complexity index is 501. The minimum absolute atomic E-state index is 0.112. The van der Waals surface area contributed by atoms with E-state index in [1.165, 1.54) is 6.33 Å². The first kappa shape index (κ1) is 11.0. The van der Waals surface area contributed by atoms with Crippen LogP contribution in [0.2, 0.25) is 0 Å². The average Bonchev–Trinajstić information content (AvgIpc) is 2.86. The zero-order valence-electron chi connectivity index (χ0n) is 9.30. The summed E-state index contributed by atoms with van der Waals surface area (Å²) >= 11 is 1.55. The highest BCUT2D eigenvalue weighted by molar-refractivity contribution is 7.08. The fourth-order valence-corrected chi connectivity index (χ4v) is 2.43. The van der Waals surface area contributed by atoms with E-state index in [9.17, 15) is 4.79 Å². The molecule has 0 aliphatic carbocycles. The molecular formula is C11H13N3OS. The van der Waals surface area contributed by atoms with E-state index in [-0.39, 0.29) is 5.78 Å². The van der Waals surface area contributed by atoms with Crippen molar-refractivity contribution in [3.63, 3.8) is 0 Å². The number of rotatable bonds is 4. The Morgan fingerprint density at radius 2 is 2.31 bits per heavy atom. The molecule has 0 spiro atoms. The number of carbonyl (C=O) groups is 1. The van der Waals surface area contributed by atoms with Crippen LogP contribution in [0.1, 0.15) is 28.7 Å². The van der Waals surface area contributed by atoms with E-state index in [0.717, 1.165) is 23.5 Å². The molecule has 2 heterocycles. The second kappa shape index (κ2) is 4.57. The topological polar surface area (TPSA) is 47.8 Å². The molecule has 0 radical (unpaired) electrons.